The van der Waals surface area contributed by atoms with Crippen molar-refractivity contribution in [2.45, 2.75) is 13.0 Å². The Hall–Kier alpha value is -4.06. The number of furan rings is 1. The van der Waals surface area contributed by atoms with Crippen LogP contribution in [-0.2, 0) is 4.79 Å². The number of para-hydroxylation sites is 2. The largest absolute Gasteiger partial charge is 0.503 e. The highest BCUT2D eigenvalue weighted by molar-refractivity contribution is 6.20. The number of aliphatic hydroxyl groups is 1. The Kier molecular flexibility index (Phi) is 4.06. The van der Waals surface area contributed by atoms with E-state index >= 15 is 0 Å². The normalized spacial score (nSPS) is 16.6. The molecule has 1 atom stereocenters. The summed E-state index contributed by atoms with van der Waals surface area (Å²) in [4.78, 5) is 31.2. The first-order valence-corrected chi connectivity index (χ1v) is 9.54. The lowest BCUT2D eigenvalue weighted by atomic mass is 9.94. The fourth-order valence-corrected chi connectivity index (χ4v) is 4.07. The quantitative estimate of drug-likeness (QED) is 0.481. The van der Waals surface area contributed by atoms with Crippen LogP contribution in [0.5, 0.6) is 0 Å². The minimum atomic E-state index is -0.799. The minimum Gasteiger partial charge on any atom is -0.503 e. The van der Waals surface area contributed by atoms with Gasteiger partial charge in [-0.1, -0.05) is 36.4 Å². The number of aliphatic hydroxyl groups excluding tert-OH is 1. The topological polar surface area (TPSA) is 86.5 Å². The van der Waals surface area contributed by atoms with E-state index < -0.39 is 23.5 Å². The predicted octanol–water partition coefficient (Wildman–Crippen LogP) is 4.85. The molecule has 1 aliphatic heterocycles. The number of amides is 1. The Morgan fingerprint density at radius 1 is 1.07 bits per heavy atom. The molecule has 3 heterocycles. The zero-order valence-electron chi connectivity index (χ0n) is 16.1. The van der Waals surface area contributed by atoms with E-state index in [2.05, 4.69) is 4.98 Å². The van der Waals surface area contributed by atoms with Gasteiger partial charge >= 0.3 is 0 Å². The van der Waals surface area contributed by atoms with Crippen molar-refractivity contribution in [3.63, 3.8) is 0 Å². The van der Waals surface area contributed by atoms with Gasteiger partial charge in [0.2, 0.25) is 5.78 Å². The molecule has 0 fully saturated rings. The molecule has 1 amide bonds. The molecule has 6 heteroatoms. The summed E-state index contributed by atoms with van der Waals surface area (Å²) in [5.74, 6) is -1.62. The summed E-state index contributed by atoms with van der Waals surface area (Å²) in [7, 11) is 0. The average Bonchev–Trinajstić information content (AvgIpc) is 3.48. The van der Waals surface area contributed by atoms with Gasteiger partial charge in [-0.25, -0.2) is 0 Å². The molecular weight excluding hydrogens is 380 g/mol. The van der Waals surface area contributed by atoms with E-state index in [0.717, 1.165) is 22.0 Å². The Balaban J connectivity index is 1.76. The molecule has 2 aromatic heterocycles. The molecule has 0 aliphatic carbocycles. The molecule has 2 aromatic carbocycles. The standard InChI is InChI=1S/C24H18N2O4/c1-14-7-2-5-10-18(14)26-21(16-13-25-17-9-4-3-8-15(16)17)20(23(28)24(26)29)22(27)19-11-6-12-30-19/h2-13,21,25,28H,1H3. The molecule has 1 unspecified atom stereocenters. The van der Waals surface area contributed by atoms with Crippen molar-refractivity contribution in [3.05, 3.63) is 101 Å². The van der Waals surface area contributed by atoms with E-state index in [1.807, 2.05) is 55.5 Å². The maximum Gasteiger partial charge on any atom is 0.294 e. The van der Waals surface area contributed by atoms with Crippen LogP contribution >= 0.6 is 0 Å². The molecule has 148 valence electrons. The van der Waals surface area contributed by atoms with Crippen molar-refractivity contribution in [2.24, 2.45) is 0 Å². The molecular formula is C24H18N2O4. The summed E-state index contributed by atoms with van der Waals surface area (Å²) in [5, 5.41) is 11.7. The van der Waals surface area contributed by atoms with Crippen molar-refractivity contribution in [2.75, 3.05) is 4.90 Å². The third-order valence-corrected chi connectivity index (χ3v) is 5.49. The smallest absolute Gasteiger partial charge is 0.294 e. The van der Waals surface area contributed by atoms with E-state index in [1.165, 1.54) is 17.2 Å². The van der Waals surface area contributed by atoms with E-state index in [4.69, 9.17) is 4.42 Å². The number of aromatic nitrogens is 1. The lowest BCUT2D eigenvalue weighted by Gasteiger charge is -2.27. The van der Waals surface area contributed by atoms with Crippen LogP contribution in [0.15, 0.2) is 88.9 Å². The van der Waals surface area contributed by atoms with Crippen LogP contribution < -0.4 is 4.90 Å². The number of nitrogens with one attached hydrogen (secondary N) is 1. The van der Waals surface area contributed by atoms with Crippen LogP contribution in [0.1, 0.15) is 27.7 Å². The number of hydrogen-bond donors (Lipinski definition) is 2. The van der Waals surface area contributed by atoms with Gasteiger partial charge in [-0.15, -0.1) is 0 Å². The highest BCUT2D eigenvalue weighted by Gasteiger charge is 2.46. The number of aryl methyl sites for hydroxylation is 1. The number of carbonyl (C=O) groups is 2. The van der Waals surface area contributed by atoms with Crippen LogP contribution in [0.4, 0.5) is 5.69 Å². The molecule has 0 spiro atoms. The molecule has 5 rings (SSSR count). The minimum absolute atomic E-state index is 0.00274. The number of anilines is 1. The highest BCUT2D eigenvalue weighted by Crippen LogP contribution is 2.44. The van der Waals surface area contributed by atoms with Gasteiger partial charge in [0, 0.05) is 28.4 Å². The number of carbonyl (C=O) groups excluding carboxylic acids is 2. The van der Waals surface area contributed by atoms with Crippen LogP contribution in [0.3, 0.4) is 0 Å². The van der Waals surface area contributed by atoms with Crippen molar-refractivity contribution >= 4 is 28.3 Å². The number of H-pyrrole nitrogens is 1. The molecule has 1 aliphatic rings. The van der Waals surface area contributed by atoms with E-state index in [-0.39, 0.29) is 11.3 Å². The Labute approximate surface area is 172 Å². The Bertz CT molecular complexity index is 1310. The van der Waals surface area contributed by atoms with Gasteiger partial charge in [0.15, 0.2) is 11.5 Å². The highest BCUT2D eigenvalue weighted by atomic mass is 16.3. The Morgan fingerprint density at radius 2 is 1.83 bits per heavy atom. The maximum atomic E-state index is 13.3. The van der Waals surface area contributed by atoms with Crippen molar-refractivity contribution in [1.29, 1.82) is 0 Å². The van der Waals surface area contributed by atoms with Gasteiger partial charge in [-0.3, -0.25) is 14.5 Å². The molecule has 2 N–H and O–H groups in total. The number of rotatable bonds is 4. The Morgan fingerprint density at radius 3 is 2.60 bits per heavy atom. The fourth-order valence-electron chi connectivity index (χ4n) is 4.07. The van der Waals surface area contributed by atoms with E-state index in [1.54, 1.807) is 12.3 Å². The van der Waals surface area contributed by atoms with Gasteiger partial charge in [-0.2, -0.15) is 0 Å². The zero-order valence-corrected chi connectivity index (χ0v) is 16.1. The lowest BCUT2D eigenvalue weighted by molar-refractivity contribution is -0.117. The van der Waals surface area contributed by atoms with Crippen molar-refractivity contribution in [1.82, 2.24) is 4.98 Å². The number of Topliss-reactive ketones (excluding diaryl/α,β-unsaturated/α-hetero) is 1. The van der Waals surface area contributed by atoms with Crippen LogP contribution in [0.2, 0.25) is 0 Å². The summed E-state index contributed by atoms with van der Waals surface area (Å²) in [6.07, 6.45) is 3.17. The first kappa shape index (κ1) is 18.0. The third-order valence-electron chi connectivity index (χ3n) is 5.49. The molecule has 30 heavy (non-hydrogen) atoms. The van der Waals surface area contributed by atoms with Gasteiger partial charge < -0.3 is 14.5 Å². The number of hydrogen-bond acceptors (Lipinski definition) is 4. The van der Waals surface area contributed by atoms with Crippen LogP contribution in [-0.4, -0.2) is 21.8 Å². The van der Waals surface area contributed by atoms with E-state index in [9.17, 15) is 14.7 Å². The van der Waals surface area contributed by atoms with Crippen molar-refractivity contribution in [3.8, 4) is 0 Å². The molecule has 0 saturated heterocycles. The SMILES string of the molecule is Cc1ccccc1N1C(=O)C(O)=C(C(=O)c2ccco2)C1c1c[nH]c2ccccc12. The number of aromatic amines is 1. The molecule has 0 saturated carbocycles. The second-order valence-corrected chi connectivity index (χ2v) is 7.22. The van der Waals surface area contributed by atoms with Crippen LogP contribution in [0.25, 0.3) is 10.9 Å². The monoisotopic (exact) mass is 398 g/mol. The summed E-state index contributed by atoms with van der Waals surface area (Å²) in [6.45, 7) is 1.89. The zero-order chi connectivity index (χ0) is 20.8. The lowest BCUT2D eigenvalue weighted by Crippen LogP contribution is -2.31. The van der Waals surface area contributed by atoms with Gasteiger partial charge in [0.25, 0.3) is 5.91 Å². The number of fused-ring (bicyclic) bond motifs is 1. The number of benzene rings is 2. The molecule has 0 radical (unpaired) electrons. The van der Waals surface area contributed by atoms with Gasteiger partial charge in [0.05, 0.1) is 17.9 Å². The fraction of sp³-hybridized carbons (Fsp3) is 0.0833. The molecule has 0 bridgehead atoms. The number of ketones is 1. The van der Waals surface area contributed by atoms with Crippen molar-refractivity contribution < 1.29 is 19.1 Å². The number of nitrogens with zero attached hydrogens (tertiary/aromatic N) is 1. The maximum absolute atomic E-state index is 13.3. The average molecular weight is 398 g/mol. The summed E-state index contributed by atoms with van der Waals surface area (Å²) in [6, 6.07) is 17.4. The first-order valence-electron chi connectivity index (χ1n) is 9.54. The summed E-state index contributed by atoms with van der Waals surface area (Å²) >= 11 is 0. The molecule has 6 nitrogen and oxygen atoms in total. The summed E-state index contributed by atoms with van der Waals surface area (Å²) in [5.41, 5.74) is 3.09. The van der Waals surface area contributed by atoms with E-state index in [0.29, 0.717) is 5.69 Å². The third kappa shape index (κ3) is 2.58. The van der Waals surface area contributed by atoms with Gasteiger partial charge in [0.1, 0.15) is 0 Å². The second kappa shape index (κ2) is 6.77. The first-order chi connectivity index (χ1) is 14.6. The van der Waals surface area contributed by atoms with Crippen LogP contribution in [0, 0.1) is 6.92 Å². The van der Waals surface area contributed by atoms with Gasteiger partial charge in [-0.05, 0) is 36.8 Å². The second-order valence-electron chi connectivity index (χ2n) is 7.22. The summed E-state index contributed by atoms with van der Waals surface area (Å²) < 4.78 is 5.28. The predicted molar refractivity (Wildman–Crippen MR) is 112 cm³/mol. The molecule has 4 aromatic rings.